The molecule has 1 N–H and O–H groups in total. The molecular formula is C12H14O4. The van der Waals surface area contributed by atoms with Crippen LogP contribution in [0.15, 0.2) is 18.2 Å². The standard InChI is InChI=1S/C12H14O4/c1-3-10(13)8-6-5-7-9(12(14)15)11(8)16-4-2/h5-7H,3-4H2,1-2H3,(H,14,15). The number of benzene rings is 1. The average molecular weight is 222 g/mol. The van der Waals surface area contributed by atoms with Gasteiger partial charge in [0.25, 0.3) is 0 Å². The highest BCUT2D eigenvalue weighted by Crippen LogP contribution is 2.25. The maximum atomic E-state index is 11.6. The molecule has 0 aliphatic heterocycles. The smallest absolute Gasteiger partial charge is 0.339 e. The summed E-state index contributed by atoms with van der Waals surface area (Å²) in [6.07, 6.45) is 0.323. The van der Waals surface area contributed by atoms with Gasteiger partial charge in [-0.2, -0.15) is 0 Å². The van der Waals surface area contributed by atoms with E-state index in [1.54, 1.807) is 26.0 Å². The second-order valence-corrected chi connectivity index (χ2v) is 3.20. The normalized spacial score (nSPS) is 9.88. The van der Waals surface area contributed by atoms with Crippen LogP contribution in [0.1, 0.15) is 41.0 Å². The molecule has 0 aliphatic carbocycles. The number of hydrogen-bond donors (Lipinski definition) is 1. The minimum atomic E-state index is -1.09. The number of hydrogen-bond acceptors (Lipinski definition) is 3. The molecule has 0 saturated heterocycles. The minimum Gasteiger partial charge on any atom is -0.492 e. The first kappa shape index (κ1) is 12.2. The second kappa shape index (κ2) is 5.30. The fourth-order valence-corrected chi connectivity index (χ4v) is 1.42. The van der Waals surface area contributed by atoms with E-state index in [1.165, 1.54) is 6.07 Å². The summed E-state index contributed by atoms with van der Waals surface area (Å²) in [5, 5.41) is 8.98. The third kappa shape index (κ3) is 2.39. The summed E-state index contributed by atoms with van der Waals surface area (Å²) in [6, 6.07) is 4.57. The number of rotatable bonds is 5. The van der Waals surface area contributed by atoms with Gasteiger partial charge in [0.15, 0.2) is 5.78 Å². The van der Waals surface area contributed by atoms with Crippen LogP contribution < -0.4 is 4.74 Å². The summed E-state index contributed by atoms with van der Waals surface area (Å²) in [7, 11) is 0. The lowest BCUT2D eigenvalue weighted by atomic mass is 10.0. The minimum absolute atomic E-state index is 0.0288. The van der Waals surface area contributed by atoms with E-state index < -0.39 is 5.97 Å². The number of ether oxygens (including phenoxy) is 1. The van der Waals surface area contributed by atoms with Gasteiger partial charge in [-0.05, 0) is 19.1 Å². The highest BCUT2D eigenvalue weighted by Gasteiger charge is 2.18. The van der Waals surface area contributed by atoms with Gasteiger partial charge < -0.3 is 9.84 Å². The van der Waals surface area contributed by atoms with E-state index >= 15 is 0 Å². The van der Waals surface area contributed by atoms with Gasteiger partial charge in [-0.3, -0.25) is 4.79 Å². The predicted molar refractivity (Wildman–Crippen MR) is 59.2 cm³/mol. The van der Waals surface area contributed by atoms with Crippen LogP contribution >= 0.6 is 0 Å². The Morgan fingerprint density at radius 3 is 2.38 bits per heavy atom. The van der Waals surface area contributed by atoms with Crippen molar-refractivity contribution in [2.24, 2.45) is 0 Å². The number of carboxylic acid groups (broad SMARTS) is 1. The first-order valence-electron chi connectivity index (χ1n) is 5.14. The average Bonchev–Trinajstić information content (AvgIpc) is 2.28. The number of carbonyl (C=O) groups is 2. The van der Waals surface area contributed by atoms with E-state index in [2.05, 4.69) is 0 Å². The van der Waals surface area contributed by atoms with Crippen molar-refractivity contribution in [3.05, 3.63) is 29.3 Å². The van der Waals surface area contributed by atoms with E-state index in [0.29, 0.717) is 18.6 Å². The fraction of sp³-hybridized carbons (Fsp3) is 0.333. The van der Waals surface area contributed by atoms with Crippen molar-refractivity contribution < 1.29 is 19.4 Å². The van der Waals surface area contributed by atoms with Gasteiger partial charge in [0.1, 0.15) is 11.3 Å². The molecule has 4 heteroatoms. The quantitative estimate of drug-likeness (QED) is 0.777. The zero-order valence-electron chi connectivity index (χ0n) is 9.32. The molecule has 0 bridgehead atoms. The largest absolute Gasteiger partial charge is 0.492 e. The molecule has 0 atom stereocenters. The van der Waals surface area contributed by atoms with Crippen LogP contribution in [-0.4, -0.2) is 23.5 Å². The van der Waals surface area contributed by atoms with Crippen LogP contribution in [0.4, 0.5) is 0 Å². The SMILES string of the molecule is CCOc1c(C(=O)O)cccc1C(=O)CC. The summed E-state index contributed by atoms with van der Waals surface area (Å²) >= 11 is 0. The van der Waals surface area contributed by atoms with Crippen molar-refractivity contribution in [3.8, 4) is 5.75 Å². The van der Waals surface area contributed by atoms with E-state index in [0.717, 1.165) is 0 Å². The third-order valence-corrected chi connectivity index (χ3v) is 2.16. The molecule has 16 heavy (non-hydrogen) atoms. The highest BCUT2D eigenvalue weighted by atomic mass is 16.5. The molecule has 1 rings (SSSR count). The van der Waals surface area contributed by atoms with Crippen molar-refractivity contribution in [2.45, 2.75) is 20.3 Å². The van der Waals surface area contributed by atoms with Crippen LogP contribution in [0.5, 0.6) is 5.75 Å². The Bertz CT molecular complexity index is 409. The molecule has 0 unspecified atom stereocenters. The van der Waals surface area contributed by atoms with E-state index in [-0.39, 0.29) is 17.1 Å². The van der Waals surface area contributed by atoms with Gasteiger partial charge in [-0.1, -0.05) is 13.0 Å². The van der Waals surface area contributed by atoms with Crippen LogP contribution in [0, 0.1) is 0 Å². The lowest BCUT2D eigenvalue weighted by molar-refractivity contribution is 0.0692. The number of para-hydroxylation sites is 1. The Morgan fingerprint density at radius 1 is 1.25 bits per heavy atom. The molecule has 0 saturated carbocycles. The van der Waals surface area contributed by atoms with Crippen molar-refractivity contribution in [1.29, 1.82) is 0 Å². The number of carbonyl (C=O) groups excluding carboxylic acids is 1. The Kier molecular flexibility index (Phi) is 4.05. The lowest BCUT2D eigenvalue weighted by Crippen LogP contribution is -2.08. The van der Waals surface area contributed by atoms with Crippen molar-refractivity contribution in [2.75, 3.05) is 6.61 Å². The van der Waals surface area contributed by atoms with Crippen LogP contribution in [0.2, 0.25) is 0 Å². The van der Waals surface area contributed by atoms with Crippen molar-refractivity contribution >= 4 is 11.8 Å². The van der Waals surface area contributed by atoms with Gasteiger partial charge in [0, 0.05) is 6.42 Å². The molecule has 0 fully saturated rings. The van der Waals surface area contributed by atoms with Gasteiger partial charge in [0.05, 0.1) is 12.2 Å². The highest BCUT2D eigenvalue weighted by molar-refractivity contribution is 6.02. The van der Waals surface area contributed by atoms with Crippen molar-refractivity contribution in [3.63, 3.8) is 0 Å². The summed E-state index contributed by atoms with van der Waals surface area (Å²) < 4.78 is 5.25. The number of aromatic carboxylic acids is 1. The molecular weight excluding hydrogens is 208 g/mol. The summed E-state index contributed by atoms with van der Waals surface area (Å²) in [5.74, 6) is -1.04. The Balaban J connectivity index is 3.32. The van der Waals surface area contributed by atoms with Gasteiger partial charge in [-0.15, -0.1) is 0 Å². The molecule has 86 valence electrons. The van der Waals surface area contributed by atoms with E-state index in [4.69, 9.17) is 9.84 Å². The number of Topliss-reactive ketones (excluding diaryl/α,β-unsaturated/α-hetero) is 1. The third-order valence-electron chi connectivity index (χ3n) is 2.16. The lowest BCUT2D eigenvalue weighted by Gasteiger charge is -2.11. The molecule has 4 nitrogen and oxygen atoms in total. The van der Waals surface area contributed by atoms with E-state index in [9.17, 15) is 9.59 Å². The molecule has 0 aromatic heterocycles. The molecule has 1 aromatic rings. The molecule has 0 spiro atoms. The van der Waals surface area contributed by atoms with Crippen LogP contribution in [0.25, 0.3) is 0 Å². The first-order chi connectivity index (χ1) is 7.61. The van der Waals surface area contributed by atoms with Crippen LogP contribution in [0.3, 0.4) is 0 Å². The zero-order valence-corrected chi connectivity index (χ0v) is 9.32. The van der Waals surface area contributed by atoms with Gasteiger partial charge in [0.2, 0.25) is 0 Å². The molecule has 0 heterocycles. The molecule has 0 radical (unpaired) electrons. The molecule has 1 aromatic carbocycles. The fourth-order valence-electron chi connectivity index (χ4n) is 1.42. The van der Waals surface area contributed by atoms with E-state index in [1.807, 2.05) is 0 Å². The Labute approximate surface area is 93.9 Å². The number of ketones is 1. The van der Waals surface area contributed by atoms with Crippen LogP contribution in [-0.2, 0) is 0 Å². The van der Waals surface area contributed by atoms with Gasteiger partial charge in [-0.25, -0.2) is 4.79 Å². The van der Waals surface area contributed by atoms with Gasteiger partial charge >= 0.3 is 5.97 Å². The summed E-state index contributed by atoms with van der Waals surface area (Å²) in [5.41, 5.74) is 0.366. The molecule has 0 amide bonds. The summed E-state index contributed by atoms with van der Waals surface area (Å²) in [6.45, 7) is 3.80. The maximum absolute atomic E-state index is 11.6. The second-order valence-electron chi connectivity index (χ2n) is 3.20. The first-order valence-corrected chi connectivity index (χ1v) is 5.14. The Morgan fingerprint density at radius 2 is 1.88 bits per heavy atom. The number of carboxylic acids is 1. The topological polar surface area (TPSA) is 63.6 Å². The monoisotopic (exact) mass is 222 g/mol. The zero-order chi connectivity index (χ0) is 12.1. The van der Waals surface area contributed by atoms with Crippen molar-refractivity contribution in [1.82, 2.24) is 0 Å². The summed E-state index contributed by atoms with van der Waals surface area (Å²) in [4.78, 5) is 22.6. The Hall–Kier alpha value is -1.84. The predicted octanol–water partition coefficient (Wildman–Crippen LogP) is 2.38. The molecule has 0 aliphatic rings. The maximum Gasteiger partial charge on any atom is 0.339 e.